The molecular formula is C45H27N3O2. The van der Waals surface area contributed by atoms with Crippen LogP contribution in [-0.2, 0) is 0 Å². The number of aromatic nitrogens is 3. The molecule has 50 heavy (non-hydrogen) atoms. The van der Waals surface area contributed by atoms with Crippen molar-refractivity contribution in [2.24, 2.45) is 0 Å². The molecule has 10 rings (SSSR count). The van der Waals surface area contributed by atoms with Crippen LogP contribution in [0.2, 0.25) is 0 Å². The first kappa shape index (κ1) is 28.2. The number of hydrogen-bond acceptors (Lipinski definition) is 5. The van der Waals surface area contributed by atoms with Crippen molar-refractivity contribution in [3.8, 4) is 56.4 Å². The van der Waals surface area contributed by atoms with Crippen molar-refractivity contribution >= 4 is 43.9 Å². The molecule has 0 atom stereocenters. The molecule has 0 aliphatic carbocycles. The summed E-state index contributed by atoms with van der Waals surface area (Å²) in [6, 6.07) is 55.9. The summed E-state index contributed by atoms with van der Waals surface area (Å²) in [6.07, 6.45) is 0. The molecule has 7 aromatic carbocycles. The van der Waals surface area contributed by atoms with Crippen molar-refractivity contribution in [2.45, 2.75) is 0 Å². The fourth-order valence-electron chi connectivity index (χ4n) is 6.79. The van der Waals surface area contributed by atoms with E-state index in [-0.39, 0.29) is 0 Å². The van der Waals surface area contributed by atoms with Crippen LogP contribution in [0.25, 0.3) is 100 Å². The van der Waals surface area contributed by atoms with Gasteiger partial charge in [0.15, 0.2) is 17.5 Å². The van der Waals surface area contributed by atoms with E-state index in [9.17, 15) is 0 Å². The van der Waals surface area contributed by atoms with Crippen LogP contribution in [-0.4, -0.2) is 15.0 Å². The Labute approximate surface area is 287 Å². The van der Waals surface area contributed by atoms with Gasteiger partial charge in [-0.15, -0.1) is 0 Å². The second kappa shape index (κ2) is 11.4. The maximum absolute atomic E-state index is 6.18. The maximum atomic E-state index is 6.18. The van der Waals surface area contributed by atoms with Crippen LogP contribution in [0.4, 0.5) is 0 Å². The van der Waals surface area contributed by atoms with Crippen LogP contribution in [0.1, 0.15) is 0 Å². The van der Waals surface area contributed by atoms with E-state index in [1.165, 1.54) is 0 Å². The molecule has 3 heterocycles. The van der Waals surface area contributed by atoms with Gasteiger partial charge in [-0.05, 0) is 58.7 Å². The van der Waals surface area contributed by atoms with E-state index in [0.717, 1.165) is 82.8 Å². The second-order valence-electron chi connectivity index (χ2n) is 12.4. The standard InChI is InChI=1S/C45H27N3O2/c1-2-8-31(9-3-1)43-46-44(48-45(47-43)34-23-25-38-36-11-5-7-13-40(36)50-42(38)27-34)32-20-18-29(19-21-32)28-14-16-30(17-15-28)33-22-24-37-35-10-4-6-12-39(35)49-41(37)26-33/h1-27H. The lowest BCUT2D eigenvalue weighted by atomic mass is 9.99. The number of para-hydroxylation sites is 2. The van der Waals surface area contributed by atoms with E-state index in [1.54, 1.807) is 0 Å². The molecule has 5 nitrogen and oxygen atoms in total. The molecular weight excluding hydrogens is 615 g/mol. The van der Waals surface area contributed by atoms with Crippen LogP contribution >= 0.6 is 0 Å². The molecule has 5 heteroatoms. The molecule has 10 aromatic rings. The highest BCUT2D eigenvalue weighted by Crippen LogP contribution is 2.35. The van der Waals surface area contributed by atoms with Crippen LogP contribution in [0.5, 0.6) is 0 Å². The SMILES string of the molecule is c1ccc(-c2nc(-c3ccc(-c4ccc(-c5ccc6c(c5)oc5ccccc56)cc4)cc3)nc(-c3ccc4c(c3)oc3ccccc34)n2)cc1. The Bertz CT molecular complexity index is 2850. The van der Waals surface area contributed by atoms with Gasteiger partial charge in [-0.25, -0.2) is 15.0 Å². The first-order valence-electron chi connectivity index (χ1n) is 16.6. The summed E-state index contributed by atoms with van der Waals surface area (Å²) in [5, 5.41) is 4.43. The summed E-state index contributed by atoms with van der Waals surface area (Å²) in [5.41, 5.74) is 10.7. The number of benzene rings is 7. The van der Waals surface area contributed by atoms with E-state index in [2.05, 4.69) is 91.0 Å². The monoisotopic (exact) mass is 641 g/mol. The average molecular weight is 642 g/mol. The van der Waals surface area contributed by atoms with Crippen LogP contribution in [0.15, 0.2) is 173 Å². The normalized spacial score (nSPS) is 11.6. The number of nitrogens with zero attached hydrogens (tertiary/aromatic N) is 3. The van der Waals surface area contributed by atoms with E-state index in [0.29, 0.717) is 17.5 Å². The smallest absolute Gasteiger partial charge is 0.164 e. The Morgan fingerprint density at radius 1 is 0.260 bits per heavy atom. The highest BCUT2D eigenvalue weighted by atomic mass is 16.3. The molecule has 0 saturated heterocycles. The highest BCUT2D eigenvalue weighted by molar-refractivity contribution is 6.06. The van der Waals surface area contributed by atoms with Gasteiger partial charge >= 0.3 is 0 Å². The van der Waals surface area contributed by atoms with Crippen molar-refractivity contribution in [1.82, 2.24) is 15.0 Å². The first-order chi connectivity index (χ1) is 24.7. The van der Waals surface area contributed by atoms with Gasteiger partial charge < -0.3 is 8.83 Å². The minimum absolute atomic E-state index is 0.594. The molecule has 0 amide bonds. The van der Waals surface area contributed by atoms with E-state index >= 15 is 0 Å². The molecule has 0 N–H and O–H groups in total. The van der Waals surface area contributed by atoms with Gasteiger partial charge in [0.05, 0.1) is 0 Å². The summed E-state index contributed by atoms with van der Waals surface area (Å²) >= 11 is 0. The van der Waals surface area contributed by atoms with Crippen molar-refractivity contribution in [2.75, 3.05) is 0 Å². The molecule has 0 radical (unpaired) electrons. The highest BCUT2D eigenvalue weighted by Gasteiger charge is 2.15. The molecule has 0 unspecified atom stereocenters. The third-order valence-electron chi connectivity index (χ3n) is 9.38. The Morgan fingerprint density at radius 3 is 1.18 bits per heavy atom. The zero-order valence-corrected chi connectivity index (χ0v) is 26.7. The Balaban J connectivity index is 0.981. The van der Waals surface area contributed by atoms with Crippen molar-refractivity contribution in [1.29, 1.82) is 0 Å². The minimum atomic E-state index is 0.594. The lowest BCUT2D eigenvalue weighted by Crippen LogP contribution is -2.00. The molecule has 234 valence electrons. The number of rotatable bonds is 5. The van der Waals surface area contributed by atoms with Crippen molar-refractivity contribution in [3.63, 3.8) is 0 Å². The predicted molar refractivity (Wildman–Crippen MR) is 202 cm³/mol. The number of furan rings is 2. The average Bonchev–Trinajstić information content (AvgIpc) is 3.76. The molecule has 0 saturated carbocycles. The Kier molecular flexibility index (Phi) is 6.42. The van der Waals surface area contributed by atoms with E-state index in [4.69, 9.17) is 23.8 Å². The van der Waals surface area contributed by atoms with E-state index in [1.807, 2.05) is 72.8 Å². The van der Waals surface area contributed by atoms with Gasteiger partial charge in [-0.3, -0.25) is 0 Å². The summed E-state index contributed by atoms with van der Waals surface area (Å²) < 4.78 is 12.3. The fourth-order valence-corrected chi connectivity index (χ4v) is 6.79. The Hall–Kier alpha value is -6.85. The molecule has 0 fully saturated rings. The lowest BCUT2D eigenvalue weighted by molar-refractivity contribution is 0.668. The summed E-state index contributed by atoms with van der Waals surface area (Å²) in [4.78, 5) is 14.8. The molecule has 0 spiro atoms. The summed E-state index contributed by atoms with van der Waals surface area (Å²) in [6.45, 7) is 0. The molecule has 0 aliphatic rings. The van der Waals surface area contributed by atoms with E-state index < -0.39 is 0 Å². The van der Waals surface area contributed by atoms with Crippen molar-refractivity contribution < 1.29 is 8.83 Å². The van der Waals surface area contributed by atoms with Crippen LogP contribution < -0.4 is 0 Å². The third-order valence-corrected chi connectivity index (χ3v) is 9.38. The van der Waals surface area contributed by atoms with Crippen LogP contribution in [0.3, 0.4) is 0 Å². The van der Waals surface area contributed by atoms with Gasteiger partial charge in [0.1, 0.15) is 22.3 Å². The fraction of sp³-hybridized carbons (Fsp3) is 0. The van der Waals surface area contributed by atoms with Crippen LogP contribution in [0, 0.1) is 0 Å². The van der Waals surface area contributed by atoms with Crippen molar-refractivity contribution in [3.05, 3.63) is 164 Å². The van der Waals surface area contributed by atoms with Gasteiger partial charge in [0.25, 0.3) is 0 Å². The zero-order valence-electron chi connectivity index (χ0n) is 26.7. The maximum Gasteiger partial charge on any atom is 0.164 e. The molecule has 0 aliphatic heterocycles. The summed E-state index contributed by atoms with van der Waals surface area (Å²) in [7, 11) is 0. The van der Waals surface area contributed by atoms with Gasteiger partial charge in [0.2, 0.25) is 0 Å². The van der Waals surface area contributed by atoms with Gasteiger partial charge in [0, 0.05) is 38.2 Å². The van der Waals surface area contributed by atoms with Gasteiger partial charge in [-0.1, -0.05) is 127 Å². The summed E-state index contributed by atoms with van der Waals surface area (Å²) in [5.74, 6) is 1.83. The third kappa shape index (κ3) is 4.83. The molecule has 0 bridgehead atoms. The largest absolute Gasteiger partial charge is 0.456 e. The number of hydrogen-bond donors (Lipinski definition) is 0. The quantitative estimate of drug-likeness (QED) is 0.187. The lowest BCUT2D eigenvalue weighted by Gasteiger charge is -2.09. The number of fused-ring (bicyclic) bond motifs is 6. The topological polar surface area (TPSA) is 65.0 Å². The first-order valence-corrected chi connectivity index (χ1v) is 16.6. The predicted octanol–water partition coefficient (Wildman–Crippen LogP) is 12.0. The molecule has 3 aromatic heterocycles. The van der Waals surface area contributed by atoms with Gasteiger partial charge in [-0.2, -0.15) is 0 Å². The second-order valence-corrected chi connectivity index (χ2v) is 12.4. The minimum Gasteiger partial charge on any atom is -0.456 e. The Morgan fingerprint density at radius 2 is 0.620 bits per heavy atom. The zero-order chi connectivity index (χ0) is 33.0.